The van der Waals surface area contributed by atoms with Crippen molar-refractivity contribution in [1.29, 1.82) is 0 Å². The number of esters is 2. The minimum Gasteiger partial charge on any atom is -0.393 e. The molecule has 2 aliphatic heterocycles. The first-order chi connectivity index (χ1) is 7.27. The second-order valence-electron chi connectivity index (χ2n) is 5.12. The van der Waals surface area contributed by atoms with E-state index in [9.17, 15) is 9.59 Å². The van der Waals surface area contributed by atoms with Gasteiger partial charge in [0.05, 0.1) is 24.0 Å². The first-order valence-electron chi connectivity index (χ1n) is 5.68. The van der Waals surface area contributed by atoms with Crippen LogP contribution in [0.25, 0.3) is 0 Å². The molecule has 5 fully saturated rings. The number of rotatable bonds is 0. The van der Waals surface area contributed by atoms with Crippen LogP contribution in [0.3, 0.4) is 0 Å². The van der Waals surface area contributed by atoms with Gasteiger partial charge >= 0.3 is 11.9 Å². The van der Waals surface area contributed by atoms with Crippen LogP contribution >= 0.6 is 0 Å². The van der Waals surface area contributed by atoms with Gasteiger partial charge in [0.25, 0.3) is 0 Å². The topological polar surface area (TPSA) is 55.9 Å². The quantitative estimate of drug-likeness (QED) is 0.330. The molecule has 80 valence electrons. The monoisotopic (exact) mass is 208 g/mol. The Morgan fingerprint density at radius 2 is 1.47 bits per heavy atom. The fourth-order valence-electron chi connectivity index (χ4n) is 3.92. The Hall–Kier alpha value is -0.900. The SMILES string of the molecule is O=C1OC(=O)[C@H]2[C@H]3CCC[C@@H]([C@H]4O[C@H]34)[C@@H]12. The minimum atomic E-state index is -0.296. The standard InChI is InChI=1S/C11H12O4/c12-10-6-4-2-1-3-5(9-8(4)14-9)7(6)11(13)15-10/h4-9H,1-3H2/t4-,5-,6-,7+,8-,9-/m1/s1. The maximum atomic E-state index is 11.6. The van der Waals surface area contributed by atoms with E-state index in [1.807, 2.05) is 0 Å². The molecule has 4 nitrogen and oxygen atoms in total. The normalized spacial score (nSPS) is 55.7. The highest BCUT2D eigenvalue weighted by Gasteiger charge is 2.68. The summed E-state index contributed by atoms with van der Waals surface area (Å²) >= 11 is 0. The Kier molecular flexibility index (Phi) is 1.34. The lowest BCUT2D eigenvalue weighted by Gasteiger charge is -2.27. The number of ether oxygens (including phenoxy) is 2. The molecule has 4 heteroatoms. The lowest BCUT2D eigenvalue weighted by atomic mass is 9.69. The molecule has 0 amide bonds. The molecule has 2 heterocycles. The number of fused-ring (bicyclic) bond motifs is 2. The van der Waals surface area contributed by atoms with E-state index < -0.39 is 0 Å². The van der Waals surface area contributed by atoms with Gasteiger partial charge in [0.15, 0.2) is 0 Å². The molecule has 2 bridgehead atoms. The van der Waals surface area contributed by atoms with E-state index in [2.05, 4.69) is 0 Å². The maximum absolute atomic E-state index is 11.6. The molecule has 5 rings (SSSR count). The summed E-state index contributed by atoms with van der Waals surface area (Å²) in [5.74, 6) is -0.468. The maximum Gasteiger partial charge on any atom is 0.317 e. The third-order valence-corrected chi connectivity index (χ3v) is 4.54. The predicted octanol–water partition coefficient (Wildman–Crippen LogP) is 0.499. The summed E-state index contributed by atoms with van der Waals surface area (Å²) in [4.78, 5) is 23.3. The van der Waals surface area contributed by atoms with Gasteiger partial charge in [-0.3, -0.25) is 9.59 Å². The molecule has 0 aromatic heterocycles. The Morgan fingerprint density at radius 3 is 2.00 bits per heavy atom. The van der Waals surface area contributed by atoms with E-state index in [1.54, 1.807) is 0 Å². The number of hydrogen-bond donors (Lipinski definition) is 0. The Morgan fingerprint density at radius 1 is 0.933 bits per heavy atom. The summed E-state index contributed by atoms with van der Waals surface area (Å²) in [6, 6.07) is 0. The van der Waals surface area contributed by atoms with Crippen molar-refractivity contribution in [2.75, 3.05) is 0 Å². The van der Waals surface area contributed by atoms with E-state index in [-0.39, 0.29) is 47.8 Å². The zero-order valence-electron chi connectivity index (χ0n) is 8.22. The molecular weight excluding hydrogens is 196 g/mol. The van der Waals surface area contributed by atoms with Crippen LogP contribution in [0.15, 0.2) is 0 Å². The summed E-state index contributed by atoms with van der Waals surface area (Å²) in [5.41, 5.74) is 0. The fraction of sp³-hybridized carbons (Fsp3) is 0.818. The van der Waals surface area contributed by atoms with Crippen LogP contribution in [-0.2, 0) is 19.1 Å². The van der Waals surface area contributed by atoms with Gasteiger partial charge in [-0.1, -0.05) is 6.42 Å². The fourth-order valence-corrected chi connectivity index (χ4v) is 3.92. The summed E-state index contributed by atoms with van der Waals surface area (Å²) < 4.78 is 10.4. The molecule has 3 saturated carbocycles. The highest BCUT2D eigenvalue weighted by Crippen LogP contribution is 2.58. The molecule has 0 spiro atoms. The van der Waals surface area contributed by atoms with Gasteiger partial charge in [0.1, 0.15) is 0 Å². The molecule has 0 aromatic carbocycles. The van der Waals surface area contributed by atoms with Crippen LogP contribution in [-0.4, -0.2) is 24.1 Å². The summed E-state index contributed by atoms with van der Waals surface area (Å²) in [6.07, 6.45) is 3.65. The molecule has 0 N–H and O–H groups in total. The highest BCUT2D eigenvalue weighted by atomic mass is 16.6. The summed E-state index contributed by atoms with van der Waals surface area (Å²) in [7, 11) is 0. The molecule has 2 saturated heterocycles. The predicted molar refractivity (Wildman–Crippen MR) is 47.6 cm³/mol. The number of carbonyl (C=O) groups is 2. The smallest absolute Gasteiger partial charge is 0.317 e. The van der Waals surface area contributed by atoms with Crippen molar-refractivity contribution >= 4 is 11.9 Å². The first-order valence-corrected chi connectivity index (χ1v) is 5.68. The van der Waals surface area contributed by atoms with Crippen LogP contribution in [0.1, 0.15) is 19.3 Å². The van der Waals surface area contributed by atoms with Crippen molar-refractivity contribution in [3.8, 4) is 0 Å². The number of cyclic esters (lactones) is 2. The lowest BCUT2D eigenvalue weighted by molar-refractivity contribution is -0.154. The second-order valence-corrected chi connectivity index (χ2v) is 5.12. The minimum absolute atomic E-state index is 0.186. The largest absolute Gasteiger partial charge is 0.393 e. The number of epoxide rings is 1. The second kappa shape index (κ2) is 2.43. The van der Waals surface area contributed by atoms with E-state index in [0.717, 1.165) is 19.3 Å². The highest BCUT2D eigenvalue weighted by molar-refractivity contribution is 5.97. The van der Waals surface area contributed by atoms with Gasteiger partial charge in [-0.25, -0.2) is 0 Å². The van der Waals surface area contributed by atoms with Gasteiger partial charge in [-0.05, 0) is 12.8 Å². The molecule has 0 unspecified atom stereocenters. The van der Waals surface area contributed by atoms with Crippen LogP contribution in [0.2, 0.25) is 0 Å². The van der Waals surface area contributed by atoms with Crippen molar-refractivity contribution in [2.24, 2.45) is 23.7 Å². The third kappa shape index (κ3) is 0.869. The molecule has 3 aliphatic carbocycles. The van der Waals surface area contributed by atoms with Crippen LogP contribution in [0, 0.1) is 23.7 Å². The van der Waals surface area contributed by atoms with Crippen LogP contribution in [0.5, 0.6) is 0 Å². The van der Waals surface area contributed by atoms with Gasteiger partial charge in [0, 0.05) is 11.8 Å². The summed E-state index contributed by atoms with van der Waals surface area (Å²) in [5, 5.41) is 0. The van der Waals surface area contributed by atoms with E-state index in [1.165, 1.54) is 0 Å². The number of carbonyl (C=O) groups excluding carboxylic acids is 2. The van der Waals surface area contributed by atoms with E-state index in [0.29, 0.717) is 0 Å². The molecule has 0 radical (unpaired) electrons. The molecule has 15 heavy (non-hydrogen) atoms. The molecule has 0 aromatic rings. The van der Waals surface area contributed by atoms with Crippen LogP contribution in [0.4, 0.5) is 0 Å². The van der Waals surface area contributed by atoms with E-state index in [4.69, 9.17) is 9.47 Å². The van der Waals surface area contributed by atoms with Gasteiger partial charge < -0.3 is 9.47 Å². The van der Waals surface area contributed by atoms with E-state index >= 15 is 0 Å². The lowest BCUT2D eigenvalue weighted by Crippen LogP contribution is -2.39. The first kappa shape index (κ1) is 8.28. The van der Waals surface area contributed by atoms with Crippen molar-refractivity contribution in [1.82, 2.24) is 0 Å². The van der Waals surface area contributed by atoms with Crippen molar-refractivity contribution in [3.63, 3.8) is 0 Å². The number of hydrogen-bond acceptors (Lipinski definition) is 4. The molecule has 5 aliphatic rings. The van der Waals surface area contributed by atoms with Gasteiger partial charge in [0.2, 0.25) is 0 Å². The van der Waals surface area contributed by atoms with Crippen molar-refractivity contribution in [3.05, 3.63) is 0 Å². The average Bonchev–Trinajstić information content (AvgIpc) is 2.96. The zero-order valence-corrected chi connectivity index (χ0v) is 8.22. The van der Waals surface area contributed by atoms with Crippen molar-refractivity contribution in [2.45, 2.75) is 31.5 Å². The Bertz CT molecular complexity index is 332. The third-order valence-electron chi connectivity index (χ3n) is 4.54. The van der Waals surface area contributed by atoms with Crippen molar-refractivity contribution < 1.29 is 19.1 Å². The average molecular weight is 208 g/mol. The molecule has 6 atom stereocenters. The van der Waals surface area contributed by atoms with Gasteiger partial charge in [-0.2, -0.15) is 0 Å². The van der Waals surface area contributed by atoms with Crippen LogP contribution < -0.4 is 0 Å². The van der Waals surface area contributed by atoms with Gasteiger partial charge in [-0.15, -0.1) is 0 Å². The summed E-state index contributed by atoms with van der Waals surface area (Å²) in [6.45, 7) is 0. The Labute approximate surface area is 86.9 Å². The molecular formula is C11H12O4. The zero-order chi connectivity index (χ0) is 10.2. The Balaban J connectivity index is 1.83.